The van der Waals surface area contributed by atoms with Crippen LogP contribution in [0.2, 0.25) is 0 Å². The predicted octanol–water partition coefficient (Wildman–Crippen LogP) is 1.76. The Bertz CT molecular complexity index is 826. The molecule has 0 radical (unpaired) electrons. The molecule has 2 aromatic heterocycles. The fourth-order valence-corrected chi connectivity index (χ4v) is 4.09. The molecule has 0 aromatic carbocycles. The van der Waals surface area contributed by atoms with Crippen molar-refractivity contribution >= 4 is 23.5 Å². The monoisotopic (exact) mass is 347 g/mol. The average molecular weight is 347 g/mol. The zero-order chi connectivity index (χ0) is 17.4. The number of anilines is 1. The number of amides is 1. The molecule has 1 amide bonds. The fourth-order valence-electron chi connectivity index (χ4n) is 2.84. The summed E-state index contributed by atoms with van der Waals surface area (Å²) in [5, 5.41) is 4.67. The van der Waals surface area contributed by atoms with E-state index in [4.69, 9.17) is 0 Å². The van der Waals surface area contributed by atoms with Crippen LogP contribution >= 0.6 is 11.8 Å². The van der Waals surface area contributed by atoms with Gasteiger partial charge in [-0.25, -0.2) is 0 Å². The van der Waals surface area contributed by atoms with Gasteiger partial charge in [0.1, 0.15) is 5.82 Å². The number of carbonyl (C=O) groups excluding carboxylic acids is 1. The van der Waals surface area contributed by atoms with Crippen LogP contribution in [-0.2, 0) is 11.8 Å². The van der Waals surface area contributed by atoms with Gasteiger partial charge in [-0.3, -0.25) is 19.2 Å². The lowest BCUT2D eigenvalue weighted by molar-refractivity contribution is -0.116. The molecule has 3 heterocycles. The summed E-state index contributed by atoms with van der Waals surface area (Å²) in [6.45, 7) is 6.61. The topological polar surface area (TPSA) is 73.0 Å². The van der Waals surface area contributed by atoms with Gasteiger partial charge in [0, 0.05) is 38.0 Å². The smallest absolute Gasteiger partial charge is 0.273 e. The van der Waals surface area contributed by atoms with Crippen LogP contribution in [0.15, 0.2) is 28.3 Å². The summed E-state index contributed by atoms with van der Waals surface area (Å²) in [5.41, 5.74) is 0.605. The molecule has 128 valence electrons. The summed E-state index contributed by atoms with van der Waals surface area (Å²) in [6, 6.07) is 3.54. The van der Waals surface area contributed by atoms with E-state index in [9.17, 15) is 9.59 Å². The maximum absolute atomic E-state index is 12.8. The van der Waals surface area contributed by atoms with Crippen molar-refractivity contribution in [2.45, 2.75) is 43.6 Å². The average Bonchev–Trinajstić information content (AvgIpc) is 3.01. The van der Waals surface area contributed by atoms with Crippen LogP contribution in [0.4, 0.5) is 5.82 Å². The molecule has 24 heavy (non-hydrogen) atoms. The van der Waals surface area contributed by atoms with Gasteiger partial charge in [-0.05, 0) is 27.2 Å². The lowest BCUT2D eigenvalue weighted by Gasteiger charge is -2.18. The Kier molecular flexibility index (Phi) is 4.49. The Labute approximate surface area is 144 Å². The number of hydrogen-bond donors (Lipinski definition) is 0. The van der Waals surface area contributed by atoms with Gasteiger partial charge in [-0.1, -0.05) is 11.8 Å². The number of nitrogens with zero attached hydrogens (tertiary/aromatic N) is 5. The van der Waals surface area contributed by atoms with Crippen LogP contribution in [0, 0.1) is 6.92 Å². The minimum absolute atomic E-state index is 0.0383. The van der Waals surface area contributed by atoms with Crippen LogP contribution in [0.1, 0.15) is 32.0 Å². The lowest BCUT2D eigenvalue weighted by Crippen LogP contribution is -2.30. The Morgan fingerprint density at radius 3 is 2.71 bits per heavy atom. The second-order valence-corrected chi connectivity index (χ2v) is 7.37. The van der Waals surface area contributed by atoms with E-state index in [2.05, 4.69) is 10.1 Å². The molecule has 0 bridgehead atoms. The van der Waals surface area contributed by atoms with E-state index >= 15 is 0 Å². The Morgan fingerprint density at radius 1 is 1.33 bits per heavy atom. The zero-order valence-corrected chi connectivity index (χ0v) is 15.1. The number of aryl methyl sites for hydroxylation is 2. The van der Waals surface area contributed by atoms with E-state index in [0.29, 0.717) is 11.7 Å². The number of thioether (sulfide) groups is 1. The molecule has 2 aromatic rings. The summed E-state index contributed by atoms with van der Waals surface area (Å²) < 4.78 is 3.65. The molecule has 0 spiro atoms. The van der Waals surface area contributed by atoms with Crippen molar-refractivity contribution in [2.24, 2.45) is 7.05 Å². The molecule has 1 aliphatic rings. The van der Waals surface area contributed by atoms with Crippen molar-refractivity contribution < 1.29 is 4.79 Å². The third-order valence-corrected chi connectivity index (χ3v) is 5.25. The van der Waals surface area contributed by atoms with Gasteiger partial charge in [0.2, 0.25) is 5.91 Å². The second-order valence-electron chi connectivity index (χ2n) is 6.20. The maximum Gasteiger partial charge on any atom is 0.273 e. The highest BCUT2D eigenvalue weighted by Crippen LogP contribution is 2.32. The maximum atomic E-state index is 12.8. The van der Waals surface area contributed by atoms with E-state index in [1.807, 2.05) is 38.5 Å². The molecular weight excluding hydrogens is 326 g/mol. The van der Waals surface area contributed by atoms with Crippen LogP contribution in [0.5, 0.6) is 0 Å². The van der Waals surface area contributed by atoms with Crippen LogP contribution in [0.25, 0.3) is 0 Å². The van der Waals surface area contributed by atoms with Crippen LogP contribution in [-0.4, -0.2) is 37.0 Å². The Hall–Kier alpha value is -2.09. The van der Waals surface area contributed by atoms with Crippen molar-refractivity contribution in [1.82, 2.24) is 19.3 Å². The van der Waals surface area contributed by atoms with E-state index in [1.165, 1.54) is 17.8 Å². The summed E-state index contributed by atoms with van der Waals surface area (Å²) >= 11 is 1.37. The highest BCUT2D eigenvalue weighted by Gasteiger charge is 2.35. The van der Waals surface area contributed by atoms with E-state index in [-0.39, 0.29) is 22.8 Å². The molecule has 1 unspecified atom stereocenters. The molecule has 7 nitrogen and oxygen atoms in total. The van der Waals surface area contributed by atoms with Gasteiger partial charge in [0.05, 0.1) is 10.9 Å². The third kappa shape index (κ3) is 3.10. The molecule has 1 aliphatic heterocycles. The first kappa shape index (κ1) is 16.8. The first-order chi connectivity index (χ1) is 11.4. The molecule has 8 heteroatoms. The van der Waals surface area contributed by atoms with E-state index < -0.39 is 0 Å². The van der Waals surface area contributed by atoms with Gasteiger partial charge < -0.3 is 4.57 Å². The highest BCUT2D eigenvalue weighted by molar-refractivity contribution is 8.00. The van der Waals surface area contributed by atoms with Crippen molar-refractivity contribution in [2.75, 3.05) is 11.4 Å². The zero-order valence-electron chi connectivity index (χ0n) is 14.3. The molecule has 1 atom stereocenters. The van der Waals surface area contributed by atoms with Gasteiger partial charge in [0.25, 0.3) is 5.56 Å². The van der Waals surface area contributed by atoms with Crippen molar-refractivity contribution in [3.8, 4) is 0 Å². The van der Waals surface area contributed by atoms with Gasteiger partial charge in [0.15, 0.2) is 5.16 Å². The molecular formula is C16H21N5O2S. The largest absolute Gasteiger partial charge is 0.325 e. The number of carbonyl (C=O) groups is 1. The van der Waals surface area contributed by atoms with Crippen molar-refractivity contribution in [1.29, 1.82) is 0 Å². The van der Waals surface area contributed by atoms with Crippen molar-refractivity contribution in [3.63, 3.8) is 0 Å². The highest BCUT2D eigenvalue weighted by atomic mass is 32.2. The summed E-state index contributed by atoms with van der Waals surface area (Å²) in [7, 11) is 1.84. The van der Waals surface area contributed by atoms with Crippen molar-refractivity contribution in [3.05, 3.63) is 34.4 Å². The standard InChI is InChI=1S/C16H21N5O2S/c1-10(2)20-8-6-13(22)17-16(20)24-12-5-7-21(15(12)23)14-9-11(3)18-19(14)4/h6,8-10,12H,5,7H2,1-4H3. The number of hydrogen-bond acceptors (Lipinski definition) is 5. The third-order valence-electron chi connectivity index (χ3n) is 4.02. The Morgan fingerprint density at radius 2 is 2.08 bits per heavy atom. The predicted molar refractivity (Wildman–Crippen MR) is 93.4 cm³/mol. The SMILES string of the molecule is Cc1cc(N2CCC(Sc3nc(=O)ccn3C(C)C)C2=O)n(C)n1. The summed E-state index contributed by atoms with van der Waals surface area (Å²) in [6.07, 6.45) is 2.46. The van der Waals surface area contributed by atoms with Crippen LogP contribution < -0.4 is 10.5 Å². The fraction of sp³-hybridized carbons (Fsp3) is 0.500. The first-order valence-corrected chi connectivity index (χ1v) is 8.82. The molecule has 1 saturated heterocycles. The number of rotatable bonds is 4. The van der Waals surface area contributed by atoms with E-state index in [0.717, 1.165) is 17.9 Å². The molecule has 3 rings (SSSR count). The minimum atomic E-state index is -0.279. The summed E-state index contributed by atoms with van der Waals surface area (Å²) in [5.74, 6) is 0.847. The second kappa shape index (κ2) is 6.43. The normalized spacial score (nSPS) is 18.0. The lowest BCUT2D eigenvalue weighted by atomic mass is 10.4. The van der Waals surface area contributed by atoms with Gasteiger partial charge in [-0.15, -0.1) is 0 Å². The van der Waals surface area contributed by atoms with Gasteiger partial charge >= 0.3 is 0 Å². The summed E-state index contributed by atoms with van der Waals surface area (Å²) in [4.78, 5) is 30.3. The molecule has 1 fully saturated rings. The molecule has 0 saturated carbocycles. The van der Waals surface area contributed by atoms with E-state index in [1.54, 1.807) is 15.8 Å². The minimum Gasteiger partial charge on any atom is -0.325 e. The molecule has 0 N–H and O–H groups in total. The number of aromatic nitrogens is 4. The first-order valence-electron chi connectivity index (χ1n) is 7.94. The van der Waals surface area contributed by atoms with Gasteiger partial charge in [-0.2, -0.15) is 10.1 Å². The Balaban J connectivity index is 1.83. The van der Waals surface area contributed by atoms with Crippen LogP contribution in [0.3, 0.4) is 0 Å². The quantitative estimate of drug-likeness (QED) is 0.788. The molecule has 0 aliphatic carbocycles.